The van der Waals surface area contributed by atoms with Crippen molar-refractivity contribution in [2.24, 2.45) is 0 Å². The van der Waals surface area contributed by atoms with Gasteiger partial charge in [-0.2, -0.15) is 0 Å². The number of hydrogen-bond donors (Lipinski definition) is 1. The topological polar surface area (TPSA) is 38.3 Å². The molecule has 0 aromatic heterocycles. The predicted molar refractivity (Wildman–Crippen MR) is 65.2 cm³/mol. The van der Waals surface area contributed by atoms with Crippen molar-refractivity contribution in [3.63, 3.8) is 0 Å². The van der Waals surface area contributed by atoms with Crippen LogP contribution < -0.4 is 5.32 Å². The van der Waals surface area contributed by atoms with Crippen LogP contribution in [0.15, 0.2) is 23.8 Å². The fourth-order valence-corrected chi connectivity index (χ4v) is 1.47. The summed E-state index contributed by atoms with van der Waals surface area (Å²) in [5.41, 5.74) is 0.0985. The zero-order valence-corrected chi connectivity index (χ0v) is 10.6. The molecule has 6 heteroatoms. The van der Waals surface area contributed by atoms with Crippen LogP contribution in [0.25, 0.3) is 0 Å². The zero-order valence-electron chi connectivity index (χ0n) is 10.6. The first kappa shape index (κ1) is 15.1. The normalized spacial score (nSPS) is 11.3. The standard InChI is InChI=1S/C13H14F3NO2/c1-3-8(13(18)19-2)4-5-17-11-7-9(14)6-10(15)12(11)16/h4,6-7,17H,3,5H2,1-2H3/b8-4-. The number of halogens is 3. The Morgan fingerprint density at radius 3 is 2.63 bits per heavy atom. The SMILES string of the molecule is CC/C(=C/CNc1cc(F)cc(F)c1F)C(=O)OC. The molecule has 0 radical (unpaired) electrons. The highest BCUT2D eigenvalue weighted by Crippen LogP contribution is 2.19. The van der Waals surface area contributed by atoms with E-state index in [9.17, 15) is 18.0 Å². The zero-order chi connectivity index (χ0) is 14.4. The molecule has 1 rings (SSSR count). The molecule has 3 nitrogen and oxygen atoms in total. The minimum absolute atomic E-state index is 0.0537. The fraction of sp³-hybridized carbons (Fsp3) is 0.308. The van der Waals surface area contributed by atoms with Crippen molar-refractivity contribution in [2.75, 3.05) is 19.0 Å². The van der Waals surface area contributed by atoms with E-state index in [2.05, 4.69) is 10.1 Å². The number of carbonyl (C=O) groups is 1. The molecular weight excluding hydrogens is 259 g/mol. The molecule has 0 saturated carbocycles. The number of rotatable bonds is 5. The minimum Gasteiger partial charge on any atom is -0.466 e. The lowest BCUT2D eigenvalue weighted by atomic mass is 10.2. The predicted octanol–water partition coefficient (Wildman–Crippen LogP) is 3.03. The molecular formula is C13H14F3NO2. The summed E-state index contributed by atoms with van der Waals surface area (Å²) in [6.07, 6.45) is 1.92. The van der Waals surface area contributed by atoms with Crippen molar-refractivity contribution in [3.05, 3.63) is 41.2 Å². The number of esters is 1. The molecule has 0 amide bonds. The summed E-state index contributed by atoms with van der Waals surface area (Å²) < 4.78 is 43.7. The summed E-state index contributed by atoms with van der Waals surface area (Å²) >= 11 is 0. The number of nitrogens with one attached hydrogen (secondary N) is 1. The van der Waals surface area contributed by atoms with E-state index in [0.717, 1.165) is 6.07 Å². The Labute approximate surface area is 109 Å². The van der Waals surface area contributed by atoms with Crippen LogP contribution in [0.2, 0.25) is 0 Å². The number of anilines is 1. The average Bonchev–Trinajstić information content (AvgIpc) is 2.39. The second kappa shape index (κ2) is 6.82. The van der Waals surface area contributed by atoms with E-state index in [4.69, 9.17) is 0 Å². The molecule has 1 aromatic rings. The Hall–Kier alpha value is -1.98. The molecule has 0 unspecified atom stereocenters. The largest absolute Gasteiger partial charge is 0.466 e. The number of ether oxygens (including phenoxy) is 1. The lowest BCUT2D eigenvalue weighted by Gasteiger charge is -2.07. The number of methoxy groups -OCH3 is 1. The molecule has 104 valence electrons. The Morgan fingerprint density at radius 2 is 2.05 bits per heavy atom. The Balaban J connectivity index is 2.77. The third-order valence-electron chi connectivity index (χ3n) is 2.46. The summed E-state index contributed by atoms with van der Waals surface area (Å²) in [6.45, 7) is 1.81. The van der Waals surface area contributed by atoms with E-state index < -0.39 is 23.4 Å². The Bertz CT molecular complexity index is 501. The van der Waals surface area contributed by atoms with Crippen molar-refractivity contribution in [1.82, 2.24) is 0 Å². The molecule has 0 spiro atoms. The first-order chi connectivity index (χ1) is 8.99. The van der Waals surface area contributed by atoms with Crippen molar-refractivity contribution in [1.29, 1.82) is 0 Å². The molecule has 0 bridgehead atoms. The maximum absolute atomic E-state index is 13.3. The van der Waals surface area contributed by atoms with E-state index in [1.54, 1.807) is 6.92 Å². The van der Waals surface area contributed by atoms with E-state index in [0.29, 0.717) is 18.1 Å². The van der Waals surface area contributed by atoms with E-state index >= 15 is 0 Å². The second-order valence-corrected chi connectivity index (χ2v) is 3.70. The second-order valence-electron chi connectivity index (χ2n) is 3.70. The molecule has 0 heterocycles. The minimum atomic E-state index is -1.27. The van der Waals surface area contributed by atoms with Gasteiger partial charge in [0.1, 0.15) is 5.82 Å². The van der Waals surface area contributed by atoms with Gasteiger partial charge in [-0.25, -0.2) is 18.0 Å². The van der Waals surface area contributed by atoms with Crippen molar-refractivity contribution in [3.8, 4) is 0 Å². The van der Waals surface area contributed by atoms with Crippen LogP contribution in [0.1, 0.15) is 13.3 Å². The smallest absolute Gasteiger partial charge is 0.333 e. The number of carbonyl (C=O) groups excluding carboxylic acids is 1. The molecule has 0 aliphatic carbocycles. The summed E-state index contributed by atoms with van der Waals surface area (Å²) in [6, 6.07) is 1.30. The summed E-state index contributed by atoms with van der Waals surface area (Å²) in [5, 5.41) is 2.50. The van der Waals surface area contributed by atoms with Crippen LogP contribution in [0.5, 0.6) is 0 Å². The van der Waals surface area contributed by atoms with Gasteiger partial charge in [0.2, 0.25) is 0 Å². The van der Waals surface area contributed by atoms with Gasteiger partial charge in [0, 0.05) is 24.3 Å². The number of hydrogen-bond acceptors (Lipinski definition) is 3. The third-order valence-corrected chi connectivity index (χ3v) is 2.46. The average molecular weight is 273 g/mol. The van der Waals surface area contributed by atoms with Crippen LogP contribution in [0, 0.1) is 17.5 Å². The molecule has 1 aromatic carbocycles. The van der Waals surface area contributed by atoms with Gasteiger partial charge in [0.05, 0.1) is 12.8 Å². The van der Waals surface area contributed by atoms with Gasteiger partial charge in [-0.1, -0.05) is 13.0 Å². The maximum atomic E-state index is 13.3. The summed E-state index contributed by atoms with van der Waals surface area (Å²) in [7, 11) is 1.25. The first-order valence-electron chi connectivity index (χ1n) is 5.65. The Morgan fingerprint density at radius 1 is 1.37 bits per heavy atom. The van der Waals surface area contributed by atoms with Gasteiger partial charge < -0.3 is 10.1 Å². The van der Waals surface area contributed by atoms with E-state index in [1.807, 2.05) is 0 Å². The van der Waals surface area contributed by atoms with Crippen molar-refractivity contribution < 1.29 is 22.7 Å². The van der Waals surface area contributed by atoms with Crippen LogP contribution in [-0.4, -0.2) is 19.6 Å². The van der Waals surface area contributed by atoms with Crippen molar-refractivity contribution >= 4 is 11.7 Å². The van der Waals surface area contributed by atoms with Gasteiger partial charge in [-0.3, -0.25) is 0 Å². The van der Waals surface area contributed by atoms with Gasteiger partial charge in [0.25, 0.3) is 0 Å². The highest BCUT2D eigenvalue weighted by Gasteiger charge is 2.11. The molecule has 0 saturated heterocycles. The highest BCUT2D eigenvalue weighted by atomic mass is 19.2. The third kappa shape index (κ3) is 4.01. The van der Waals surface area contributed by atoms with E-state index in [-0.39, 0.29) is 12.2 Å². The maximum Gasteiger partial charge on any atom is 0.333 e. The molecule has 0 fully saturated rings. The van der Waals surface area contributed by atoms with Crippen LogP contribution in [0.3, 0.4) is 0 Å². The molecule has 19 heavy (non-hydrogen) atoms. The first-order valence-corrected chi connectivity index (χ1v) is 5.65. The summed E-state index contributed by atoms with van der Waals surface area (Å²) in [4.78, 5) is 11.2. The monoisotopic (exact) mass is 273 g/mol. The van der Waals surface area contributed by atoms with Gasteiger partial charge in [-0.15, -0.1) is 0 Å². The van der Waals surface area contributed by atoms with E-state index in [1.165, 1.54) is 13.2 Å². The van der Waals surface area contributed by atoms with Gasteiger partial charge >= 0.3 is 5.97 Å². The van der Waals surface area contributed by atoms with Crippen LogP contribution in [-0.2, 0) is 9.53 Å². The quantitative estimate of drug-likeness (QED) is 0.509. The highest BCUT2D eigenvalue weighted by molar-refractivity contribution is 5.88. The molecule has 0 aliphatic heterocycles. The van der Waals surface area contributed by atoms with Gasteiger partial charge in [0.15, 0.2) is 11.6 Å². The van der Waals surface area contributed by atoms with Crippen LogP contribution in [0.4, 0.5) is 18.9 Å². The fourth-order valence-electron chi connectivity index (χ4n) is 1.47. The molecule has 0 atom stereocenters. The molecule has 1 N–H and O–H groups in total. The lowest BCUT2D eigenvalue weighted by molar-refractivity contribution is -0.136. The van der Waals surface area contributed by atoms with Crippen molar-refractivity contribution in [2.45, 2.75) is 13.3 Å². The molecule has 0 aliphatic rings. The Kier molecular flexibility index (Phi) is 5.41. The summed E-state index contributed by atoms with van der Waals surface area (Å²) in [5.74, 6) is -3.80. The lowest BCUT2D eigenvalue weighted by Crippen LogP contribution is -2.08. The van der Waals surface area contributed by atoms with Gasteiger partial charge in [-0.05, 0) is 6.42 Å². The van der Waals surface area contributed by atoms with Crippen LogP contribution >= 0.6 is 0 Å². The number of benzene rings is 1.